The van der Waals surface area contributed by atoms with Crippen molar-refractivity contribution in [1.82, 2.24) is 10.6 Å². The number of benzene rings is 1. The Morgan fingerprint density at radius 1 is 1.18 bits per heavy atom. The summed E-state index contributed by atoms with van der Waals surface area (Å²) in [6.45, 7) is 3.25. The van der Waals surface area contributed by atoms with Gasteiger partial charge in [0.2, 0.25) is 13.4 Å². The largest absolute Gasteiger partial charge is 0.454 e. The molecule has 2 N–H and O–H groups in total. The summed E-state index contributed by atoms with van der Waals surface area (Å²) in [5, 5.41) is 8.40. The van der Waals surface area contributed by atoms with Crippen molar-refractivity contribution in [1.29, 1.82) is 0 Å². The summed E-state index contributed by atoms with van der Waals surface area (Å²) >= 11 is 0. The second kappa shape index (κ2) is 10.8. The van der Waals surface area contributed by atoms with E-state index in [1.165, 1.54) is 0 Å². The second-order valence-electron chi connectivity index (χ2n) is 5.84. The first-order chi connectivity index (χ1) is 13.5. The van der Waals surface area contributed by atoms with Crippen LogP contribution in [0.3, 0.4) is 0 Å². The number of oxime groups is 1. The maximum atomic E-state index is 11.6. The lowest BCUT2D eigenvalue weighted by Gasteiger charge is -2.07. The van der Waals surface area contributed by atoms with Crippen molar-refractivity contribution < 1.29 is 33.4 Å². The molecule has 152 valence electrons. The zero-order valence-electron chi connectivity index (χ0n) is 15.8. The number of urea groups is 1. The van der Waals surface area contributed by atoms with Gasteiger partial charge in [-0.25, -0.2) is 9.59 Å². The monoisotopic (exact) mass is 393 g/mol. The molecule has 0 saturated carbocycles. The van der Waals surface area contributed by atoms with Gasteiger partial charge in [-0.3, -0.25) is 10.1 Å². The second-order valence-corrected chi connectivity index (χ2v) is 5.84. The molecule has 0 radical (unpaired) electrons. The van der Waals surface area contributed by atoms with Crippen LogP contribution in [0.25, 0.3) is 0 Å². The number of ether oxygens (including phenoxy) is 3. The average Bonchev–Trinajstić information content (AvgIpc) is 3.14. The van der Waals surface area contributed by atoms with Crippen LogP contribution < -0.4 is 20.1 Å². The molecule has 0 unspecified atom stereocenters. The van der Waals surface area contributed by atoms with Gasteiger partial charge in [-0.05, 0) is 31.5 Å². The number of hydrogen-bond donors (Lipinski definition) is 2. The summed E-state index contributed by atoms with van der Waals surface area (Å²) in [6.07, 6.45) is 1.72. The molecule has 10 nitrogen and oxygen atoms in total. The molecule has 0 saturated heterocycles. The molecule has 28 heavy (non-hydrogen) atoms. The third kappa shape index (κ3) is 6.78. The van der Waals surface area contributed by atoms with E-state index in [0.29, 0.717) is 23.8 Å². The molecule has 0 bridgehead atoms. The number of rotatable bonds is 9. The van der Waals surface area contributed by atoms with Crippen LogP contribution in [-0.4, -0.2) is 50.2 Å². The number of fused-ring (bicyclic) bond motifs is 1. The van der Waals surface area contributed by atoms with E-state index in [-0.39, 0.29) is 6.79 Å². The normalized spacial score (nSPS) is 12.3. The molecule has 1 heterocycles. The average molecular weight is 393 g/mol. The summed E-state index contributed by atoms with van der Waals surface area (Å²) in [6, 6.07) is 4.65. The summed E-state index contributed by atoms with van der Waals surface area (Å²) in [4.78, 5) is 39.4. The summed E-state index contributed by atoms with van der Waals surface area (Å²) in [5.74, 6) is -0.263. The highest BCUT2D eigenvalue weighted by atomic mass is 16.7. The van der Waals surface area contributed by atoms with Crippen molar-refractivity contribution in [2.45, 2.75) is 26.7 Å². The number of imide groups is 1. The molecular weight excluding hydrogens is 370 g/mol. The van der Waals surface area contributed by atoms with Crippen molar-refractivity contribution in [3.8, 4) is 11.5 Å². The molecule has 2 rings (SSSR count). The fraction of sp³-hybridized carbons (Fsp3) is 0.444. The summed E-state index contributed by atoms with van der Waals surface area (Å²) < 4.78 is 15.2. The van der Waals surface area contributed by atoms with Gasteiger partial charge in [-0.15, -0.1) is 0 Å². The molecule has 1 aliphatic rings. The van der Waals surface area contributed by atoms with Crippen molar-refractivity contribution in [2.75, 3.05) is 26.6 Å². The van der Waals surface area contributed by atoms with Crippen LogP contribution in [0, 0.1) is 0 Å². The smallest absolute Gasteiger partial charge is 0.347 e. The van der Waals surface area contributed by atoms with Crippen molar-refractivity contribution in [3.63, 3.8) is 0 Å². The van der Waals surface area contributed by atoms with Crippen LogP contribution in [0.2, 0.25) is 0 Å². The summed E-state index contributed by atoms with van der Waals surface area (Å²) in [5.41, 5.74) is 1.26. The molecular formula is C18H23N3O7. The molecule has 1 aliphatic heterocycles. The van der Waals surface area contributed by atoms with Crippen LogP contribution >= 0.6 is 0 Å². The molecule has 3 amide bonds. The number of hydrogen-bond acceptors (Lipinski definition) is 8. The Bertz CT molecular complexity index is 749. The Hall–Kier alpha value is -3.30. The van der Waals surface area contributed by atoms with Gasteiger partial charge in [0, 0.05) is 12.1 Å². The fourth-order valence-corrected chi connectivity index (χ4v) is 2.13. The van der Waals surface area contributed by atoms with Crippen molar-refractivity contribution in [2.24, 2.45) is 5.16 Å². The maximum Gasteiger partial charge on any atom is 0.347 e. The number of carbonyl (C=O) groups excluding carboxylic acids is 3. The number of carbonyl (C=O) groups is 3. The number of esters is 1. The van der Waals surface area contributed by atoms with E-state index < -0.39 is 31.1 Å². The van der Waals surface area contributed by atoms with Gasteiger partial charge in [-0.2, -0.15) is 0 Å². The Morgan fingerprint density at radius 2 is 1.96 bits per heavy atom. The zero-order valence-corrected chi connectivity index (χ0v) is 15.8. The van der Waals surface area contributed by atoms with Gasteiger partial charge in [-0.1, -0.05) is 18.5 Å². The Balaban J connectivity index is 1.67. The van der Waals surface area contributed by atoms with E-state index in [4.69, 9.17) is 19.0 Å². The Morgan fingerprint density at radius 3 is 2.75 bits per heavy atom. The minimum atomic E-state index is -0.788. The lowest BCUT2D eigenvalue weighted by atomic mass is 10.1. The molecule has 0 aliphatic carbocycles. The first-order valence-corrected chi connectivity index (χ1v) is 8.79. The molecule has 1 aromatic carbocycles. The van der Waals surface area contributed by atoms with E-state index in [2.05, 4.69) is 15.8 Å². The first kappa shape index (κ1) is 21.0. The number of amides is 3. The van der Waals surface area contributed by atoms with Gasteiger partial charge < -0.3 is 24.4 Å². The fourth-order valence-electron chi connectivity index (χ4n) is 2.13. The van der Waals surface area contributed by atoms with Gasteiger partial charge in [0.1, 0.15) is 0 Å². The molecule has 0 spiro atoms. The number of nitrogens with zero attached hydrogens (tertiary/aromatic N) is 1. The van der Waals surface area contributed by atoms with Crippen LogP contribution in [0.4, 0.5) is 4.79 Å². The highest BCUT2D eigenvalue weighted by molar-refractivity contribution is 5.99. The number of nitrogens with one attached hydrogen (secondary N) is 2. The van der Waals surface area contributed by atoms with Gasteiger partial charge in [0.05, 0.1) is 5.71 Å². The minimum Gasteiger partial charge on any atom is -0.454 e. The van der Waals surface area contributed by atoms with E-state index >= 15 is 0 Å². The van der Waals surface area contributed by atoms with Crippen LogP contribution in [0.15, 0.2) is 23.4 Å². The topological polar surface area (TPSA) is 125 Å². The first-order valence-electron chi connectivity index (χ1n) is 8.79. The Kier molecular flexibility index (Phi) is 8.07. The predicted molar refractivity (Wildman–Crippen MR) is 98.1 cm³/mol. The van der Waals surface area contributed by atoms with E-state index in [0.717, 1.165) is 18.4 Å². The Labute approximate surface area is 162 Å². The van der Waals surface area contributed by atoms with Gasteiger partial charge in [0.25, 0.3) is 5.91 Å². The highest BCUT2D eigenvalue weighted by Crippen LogP contribution is 2.32. The van der Waals surface area contributed by atoms with Crippen LogP contribution in [-0.2, 0) is 19.2 Å². The van der Waals surface area contributed by atoms with Crippen LogP contribution in [0.5, 0.6) is 11.5 Å². The third-order valence-corrected chi connectivity index (χ3v) is 3.61. The summed E-state index contributed by atoms with van der Waals surface area (Å²) in [7, 11) is 0. The third-order valence-electron chi connectivity index (χ3n) is 3.61. The molecule has 0 fully saturated rings. The highest BCUT2D eigenvalue weighted by Gasteiger charge is 2.14. The SMILES string of the molecule is CCCCNC(=O)NC(=O)COC(=O)CO/N=C(\C)c1ccc2c(c1)OCO2. The van der Waals surface area contributed by atoms with Crippen molar-refractivity contribution in [3.05, 3.63) is 23.8 Å². The quantitative estimate of drug-likeness (QED) is 0.281. The minimum absolute atomic E-state index is 0.172. The molecule has 0 aromatic heterocycles. The van der Waals surface area contributed by atoms with Gasteiger partial charge in [0.15, 0.2) is 18.1 Å². The lowest BCUT2D eigenvalue weighted by molar-refractivity contribution is -0.152. The van der Waals surface area contributed by atoms with E-state index in [9.17, 15) is 14.4 Å². The molecule has 10 heteroatoms. The maximum absolute atomic E-state index is 11.6. The van der Waals surface area contributed by atoms with E-state index in [1.54, 1.807) is 25.1 Å². The van der Waals surface area contributed by atoms with Crippen molar-refractivity contribution >= 4 is 23.6 Å². The molecule has 1 aromatic rings. The predicted octanol–water partition coefficient (Wildman–Crippen LogP) is 1.33. The number of unbranched alkanes of at least 4 members (excludes halogenated alkanes) is 1. The lowest BCUT2D eigenvalue weighted by Crippen LogP contribution is -2.41. The van der Waals surface area contributed by atoms with Crippen LogP contribution in [0.1, 0.15) is 32.3 Å². The van der Waals surface area contributed by atoms with Gasteiger partial charge >= 0.3 is 12.0 Å². The van der Waals surface area contributed by atoms with E-state index in [1.807, 2.05) is 6.92 Å². The standard InChI is InChI=1S/C18H23N3O7/c1-3-4-7-19-18(24)20-16(22)9-25-17(23)10-28-21-12(2)13-5-6-14-15(8-13)27-11-26-14/h5-6,8H,3-4,7,9-11H2,1-2H3,(H2,19,20,22,24)/b21-12+. The molecule has 0 atom stereocenters. The zero-order chi connectivity index (χ0) is 20.4.